The van der Waals surface area contributed by atoms with Crippen molar-refractivity contribution >= 4 is 11.4 Å². The zero-order valence-corrected chi connectivity index (χ0v) is 9.79. The molecule has 0 amide bonds. The lowest BCUT2D eigenvalue weighted by Crippen LogP contribution is -2.49. The smallest absolute Gasteiger partial charge is 0.121 e. The highest BCUT2D eigenvalue weighted by atomic mass is 16.5. The van der Waals surface area contributed by atoms with E-state index in [0.717, 1.165) is 12.3 Å². The van der Waals surface area contributed by atoms with E-state index >= 15 is 0 Å². The molecule has 1 aliphatic rings. The zero-order valence-electron chi connectivity index (χ0n) is 9.79. The van der Waals surface area contributed by atoms with Crippen LogP contribution < -0.4 is 15.0 Å². The molecule has 3 heteroatoms. The summed E-state index contributed by atoms with van der Waals surface area (Å²) < 4.78 is 5.24. The van der Waals surface area contributed by atoms with Crippen LogP contribution in [0.5, 0.6) is 5.75 Å². The fraction of sp³-hybridized carbons (Fsp3) is 0.500. The van der Waals surface area contributed by atoms with E-state index in [4.69, 9.17) is 4.74 Å². The average molecular weight is 206 g/mol. The summed E-state index contributed by atoms with van der Waals surface area (Å²) in [5.74, 6) is 0.903. The molecule has 0 unspecified atom stereocenters. The van der Waals surface area contributed by atoms with Gasteiger partial charge in [0.05, 0.1) is 24.0 Å². The number of likely N-dealkylation sites (N-methyl/N-ethyl adjacent to an activating group) is 1. The molecule has 3 nitrogen and oxygen atoms in total. The summed E-state index contributed by atoms with van der Waals surface area (Å²) >= 11 is 0. The molecule has 1 N–H and O–H groups in total. The van der Waals surface area contributed by atoms with Gasteiger partial charge in [-0.2, -0.15) is 0 Å². The van der Waals surface area contributed by atoms with E-state index in [9.17, 15) is 0 Å². The first-order valence-corrected chi connectivity index (χ1v) is 5.20. The van der Waals surface area contributed by atoms with Gasteiger partial charge in [0.25, 0.3) is 0 Å². The van der Waals surface area contributed by atoms with Gasteiger partial charge in [-0.3, -0.25) is 0 Å². The fourth-order valence-electron chi connectivity index (χ4n) is 1.82. The van der Waals surface area contributed by atoms with Crippen molar-refractivity contribution in [3.05, 3.63) is 18.2 Å². The highest BCUT2D eigenvalue weighted by molar-refractivity contribution is 5.75. The molecule has 0 atom stereocenters. The molecule has 15 heavy (non-hydrogen) atoms. The number of rotatable bonds is 1. The van der Waals surface area contributed by atoms with Crippen molar-refractivity contribution in [3.8, 4) is 5.75 Å². The van der Waals surface area contributed by atoms with Crippen LogP contribution >= 0.6 is 0 Å². The highest BCUT2D eigenvalue weighted by Crippen LogP contribution is 2.37. The number of hydrogen-bond acceptors (Lipinski definition) is 3. The molecule has 0 saturated heterocycles. The van der Waals surface area contributed by atoms with E-state index in [2.05, 4.69) is 43.2 Å². The van der Waals surface area contributed by atoms with Gasteiger partial charge in [0.1, 0.15) is 5.75 Å². The molecule has 2 rings (SSSR count). The Labute approximate surface area is 91.0 Å². The summed E-state index contributed by atoms with van der Waals surface area (Å²) in [7, 11) is 3.82. The number of anilines is 2. The Bertz CT molecular complexity index is 374. The quantitative estimate of drug-likeness (QED) is 0.763. The number of benzene rings is 1. The molecule has 1 aromatic rings. The first-order valence-electron chi connectivity index (χ1n) is 5.20. The Morgan fingerprint density at radius 3 is 2.80 bits per heavy atom. The van der Waals surface area contributed by atoms with Gasteiger partial charge in [0.15, 0.2) is 0 Å². The van der Waals surface area contributed by atoms with Crippen molar-refractivity contribution in [2.45, 2.75) is 19.4 Å². The molecule has 0 radical (unpaired) electrons. The highest BCUT2D eigenvalue weighted by Gasteiger charge is 2.29. The van der Waals surface area contributed by atoms with E-state index in [0.29, 0.717) is 0 Å². The Kier molecular flexibility index (Phi) is 2.25. The van der Waals surface area contributed by atoms with Gasteiger partial charge in [-0.1, -0.05) is 0 Å². The standard InChI is InChI=1S/C12H18N2O/c1-12(2)8-13-10-6-5-9(15-4)7-11(10)14(12)3/h5-7,13H,8H2,1-4H3. The molecule has 0 aliphatic carbocycles. The van der Waals surface area contributed by atoms with Crippen molar-refractivity contribution in [2.24, 2.45) is 0 Å². The monoisotopic (exact) mass is 206 g/mol. The minimum atomic E-state index is 0.138. The van der Waals surface area contributed by atoms with Crippen LogP contribution in [0.4, 0.5) is 11.4 Å². The van der Waals surface area contributed by atoms with Gasteiger partial charge in [0.2, 0.25) is 0 Å². The lowest BCUT2D eigenvalue weighted by molar-refractivity contribution is 0.414. The van der Waals surface area contributed by atoms with E-state index < -0.39 is 0 Å². The second-order valence-electron chi connectivity index (χ2n) is 4.61. The minimum Gasteiger partial charge on any atom is -0.497 e. The number of nitrogens with zero attached hydrogens (tertiary/aromatic N) is 1. The Morgan fingerprint density at radius 2 is 2.13 bits per heavy atom. The Balaban J connectivity index is 2.44. The maximum absolute atomic E-state index is 5.24. The number of fused-ring (bicyclic) bond motifs is 1. The summed E-state index contributed by atoms with van der Waals surface area (Å²) in [5, 5.41) is 3.44. The Hall–Kier alpha value is -1.38. The van der Waals surface area contributed by atoms with Crippen molar-refractivity contribution < 1.29 is 4.74 Å². The molecule has 1 aromatic carbocycles. The van der Waals surface area contributed by atoms with Crippen LogP contribution in [0.3, 0.4) is 0 Å². The molecule has 0 saturated carbocycles. The van der Waals surface area contributed by atoms with Gasteiger partial charge >= 0.3 is 0 Å². The van der Waals surface area contributed by atoms with Crippen molar-refractivity contribution in [1.82, 2.24) is 0 Å². The maximum Gasteiger partial charge on any atom is 0.121 e. The van der Waals surface area contributed by atoms with Crippen LogP contribution in [-0.4, -0.2) is 26.2 Å². The van der Waals surface area contributed by atoms with Gasteiger partial charge in [-0.25, -0.2) is 0 Å². The normalized spacial score (nSPS) is 18.0. The second-order valence-corrected chi connectivity index (χ2v) is 4.61. The zero-order chi connectivity index (χ0) is 11.1. The third-order valence-electron chi connectivity index (χ3n) is 3.19. The topological polar surface area (TPSA) is 24.5 Å². The predicted molar refractivity (Wildman–Crippen MR) is 64.0 cm³/mol. The molecule has 0 fully saturated rings. The summed E-state index contributed by atoms with van der Waals surface area (Å²) in [5.41, 5.74) is 2.52. The fourth-order valence-corrected chi connectivity index (χ4v) is 1.82. The van der Waals surface area contributed by atoms with Crippen LogP contribution in [0.2, 0.25) is 0 Å². The molecule has 82 valence electrons. The SMILES string of the molecule is COc1ccc2c(c1)N(C)C(C)(C)CN2. The van der Waals surface area contributed by atoms with Crippen LogP contribution in [0, 0.1) is 0 Å². The molecule has 0 spiro atoms. The summed E-state index contributed by atoms with van der Waals surface area (Å²) in [6.07, 6.45) is 0. The van der Waals surface area contributed by atoms with Crippen LogP contribution in [-0.2, 0) is 0 Å². The molecule has 0 aromatic heterocycles. The Morgan fingerprint density at radius 1 is 1.40 bits per heavy atom. The van der Waals surface area contributed by atoms with Crippen molar-refractivity contribution in [2.75, 3.05) is 30.9 Å². The second kappa shape index (κ2) is 3.33. The van der Waals surface area contributed by atoms with E-state index in [1.807, 2.05) is 6.07 Å². The number of hydrogen-bond donors (Lipinski definition) is 1. The van der Waals surface area contributed by atoms with Gasteiger partial charge in [-0.15, -0.1) is 0 Å². The lowest BCUT2D eigenvalue weighted by Gasteiger charge is -2.43. The molecular formula is C12H18N2O. The third kappa shape index (κ3) is 1.62. The van der Waals surface area contributed by atoms with E-state index in [-0.39, 0.29) is 5.54 Å². The summed E-state index contributed by atoms with van der Waals surface area (Å²) in [4.78, 5) is 2.29. The molecule has 1 aliphatic heterocycles. The largest absolute Gasteiger partial charge is 0.497 e. The predicted octanol–water partition coefficient (Wildman–Crippen LogP) is 2.34. The average Bonchev–Trinajstić information content (AvgIpc) is 2.24. The van der Waals surface area contributed by atoms with E-state index in [1.54, 1.807) is 7.11 Å². The number of nitrogens with one attached hydrogen (secondary N) is 1. The first-order chi connectivity index (χ1) is 7.04. The van der Waals surface area contributed by atoms with Crippen LogP contribution in [0.25, 0.3) is 0 Å². The molecule has 1 heterocycles. The minimum absolute atomic E-state index is 0.138. The van der Waals surface area contributed by atoms with Gasteiger partial charge in [-0.05, 0) is 26.0 Å². The van der Waals surface area contributed by atoms with Gasteiger partial charge in [0, 0.05) is 19.7 Å². The van der Waals surface area contributed by atoms with E-state index in [1.165, 1.54) is 11.4 Å². The lowest BCUT2D eigenvalue weighted by atomic mass is 9.98. The van der Waals surface area contributed by atoms with Crippen molar-refractivity contribution in [1.29, 1.82) is 0 Å². The van der Waals surface area contributed by atoms with Crippen molar-refractivity contribution in [3.63, 3.8) is 0 Å². The van der Waals surface area contributed by atoms with Gasteiger partial charge < -0.3 is 15.0 Å². The molecular weight excluding hydrogens is 188 g/mol. The number of methoxy groups -OCH3 is 1. The summed E-state index contributed by atoms with van der Waals surface area (Å²) in [6.45, 7) is 5.41. The summed E-state index contributed by atoms with van der Waals surface area (Å²) in [6, 6.07) is 6.13. The number of ether oxygens (including phenoxy) is 1. The molecule has 0 bridgehead atoms. The first kappa shape index (κ1) is 10.1. The van der Waals surface area contributed by atoms with Crippen LogP contribution in [0.1, 0.15) is 13.8 Å². The maximum atomic E-state index is 5.24. The van der Waals surface area contributed by atoms with Crippen LogP contribution in [0.15, 0.2) is 18.2 Å². The third-order valence-corrected chi connectivity index (χ3v) is 3.19.